The first-order valence-corrected chi connectivity index (χ1v) is 10.8. The number of urea groups is 1. The van der Waals surface area contributed by atoms with E-state index in [9.17, 15) is 18.0 Å². The number of aryl methyl sites for hydroxylation is 1. The molecule has 1 aliphatic rings. The molecule has 27 heavy (non-hydrogen) atoms. The Labute approximate surface area is 160 Å². The van der Waals surface area contributed by atoms with Gasteiger partial charge in [0.25, 0.3) is 0 Å². The average Bonchev–Trinajstić information content (AvgIpc) is 2.89. The molecule has 1 aromatic rings. The topological polar surface area (TPSA) is 113 Å². The SMILES string of the molecule is CCCCNC(=O)NC(=O)Cn1nc(C)c(S(=O)(=O)N2CCCCC2)c1C. The van der Waals surface area contributed by atoms with E-state index in [1.165, 1.54) is 8.99 Å². The highest BCUT2D eigenvalue weighted by Crippen LogP contribution is 2.25. The van der Waals surface area contributed by atoms with Crippen LogP contribution >= 0.6 is 0 Å². The van der Waals surface area contributed by atoms with E-state index in [0.717, 1.165) is 32.1 Å². The zero-order valence-corrected chi connectivity index (χ0v) is 17.1. The fourth-order valence-electron chi connectivity index (χ4n) is 3.17. The van der Waals surface area contributed by atoms with E-state index in [0.29, 0.717) is 31.0 Å². The first kappa shape index (κ1) is 21.4. The first-order valence-electron chi connectivity index (χ1n) is 9.39. The van der Waals surface area contributed by atoms with Crippen molar-refractivity contribution in [2.75, 3.05) is 19.6 Å². The number of carbonyl (C=O) groups excluding carboxylic acids is 2. The molecule has 1 aliphatic heterocycles. The molecule has 0 aromatic carbocycles. The van der Waals surface area contributed by atoms with E-state index in [1.54, 1.807) is 13.8 Å². The predicted molar refractivity (Wildman–Crippen MR) is 101 cm³/mol. The lowest BCUT2D eigenvalue weighted by molar-refractivity contribution is -0.120. The van der Waals surface area contributed by atoms with Crippen molar-refractivity contribution in [3.63, 3.8) is 0 Å². The molecule has 10 heteroatoms. The molecule has 152 valence electrons. The van der Waals surface area contributed by atoms with Crippen LogP contribution in [0.25, 0.3) is 0 Å². The van der Waals surface area contributed by atoms with Gasteiger partial charge >= 0.3 is 6.03 Å². The highest BCUT2D eigenvalue weighted by Gasteiger charge is 2.32. The van der Waals surface area contributed by atoms with Gasteiger partial charge in [-0.1, -0.05) is 19.8 Å². The van der Waals surface area contributed by atoms with Crippen LogP contribution in [0.3, 0.4) is 0 Å². The van der Waals surface area contributed by atoms with Crippen LogP contribution in [0, 0.1) is 13.8 Å². The van der Waals surface area contributed by atoms with Crippen LogP contribution in [0.4, 0.5) is 4.79 Å². The summed E-state index contributed by atoms with van der Waals surface area (Å²) in [6, 6.07) is -0.559. The number of carbonyl (C=O) groups is 2. The Morgan fingerprint density at radius 3 is 2.44 bits per heavy atom. The highest BCUT2D eigenvalue weighted by atomic mass is 32.2. The largest absolute Gasteiger partial charge is 0.338 e. The van der Waals surface area contributed by atoms with Gasteiger partial charge in [-0.25, -0.2) is 13.2 Å². The van der Waals surface area contributed by atoms with Crippen molar-refractivity contribution < 1.29 is 18.0 Å². The van der Waals surface area contributed by atoms with Gasteiger partial charge < -0.3 is 5.32 Å². The molecule has 0 unspecified atom stereocenters. The number of sulfonamides is 1. The molecule has 1 aromatic heterocycles. The first-order chi connectivity index (χ1) is 12.8. The van der Waals surface area contributed by atoms with Gasteiger partial charge in [0, 0.05) is 19.6 Å². The molecule has 0 bridgehead atoms. The van der Waals surface area contributed by atoms with Crippen molar-refractivity contribution in [3.8, 4) is 0 Å². The van der Waals surface area contributed by atoms with E-state index in [-0.39, 0.29) is 11.4 Å². The number of hydrogen-bond acceptors (Lipinski definition) is 5. The van der Waals surface area contributed by atoms with Gasteiger partial charge in [-0.3, -0.25) is 14.8 Å². The van der Waals surface area contributed by atoms with Gasteiger partial charge in [0.1, 0.15) is 11.4 Å². The molecule has 1 saturated heterocycles. The van der Waals surface area contributed by atoms with Crippen molar-refractivity contribution in [2.24, 2.45) is 0 Å². The third kappa shape index (κ3) is 5.29. The van der Waals surface area contributed by atoms with Crippen molar-refractivity contribution in [1.29, 1.82) is 0 Å². The Hall–Kier alpha value is -1.94. The summed E-state index contributed by atoms with van der Waals surface area (Å²) >= 11 is 0. The molecular weight excluding hydrogens is 370 g/mol. The molecule has 0 aliphatic carbocycles. The maximum Gasteiger partial charge on any atom is 0.321 e. The molecule has 3 amide bonds. The molecule has 1 fully saturated rings. The molecule has 2 heterocycles. The summed E-state index contributed by atoms with van der Waals surface area (Å²) in [5, 5.41) is 9.04. The van der Waals surface area contributed by atoms with Gasteiger partial charge in [-0.05, 0) is 33.1 Å². The molecule has 0 atom stereocenters. The molecule has 9 nitrogen and oxygen atoms in total. The molecule has 2 N–H and O–H groups in total. The molecule has 0 saturated carbocycles. The predicted octanol–water partition coefficient (Wildman–Crippen LogP) is 1.30. The lowest BCUT2D eigenvalue weighted by Gasteiger charge is -2.25. The number of imide groups is 1. The second-order valence-corrected chi connectivity index (χ2v) is 8.65. The Morgan fingerprint density at radius 2 is 1.81 bits per heavy atom. The number of nitrogens with one attached hydrogen (secondary N) is 2. The summed E-state index contributed by atoms with van der Waals surface area (Å²) < 4.78 is 28.7. The van der Waals surface area contributed by atoms with Gasteiger partial charge in [-0.15, -0.1) is 0 Å². The number of piperidine rings is 1. The van der Waals surface area contributed by atoms with Gasteiger partial charge in [0.15, 0.2) is 0 Å². The van der Waals surface area contributed by atoms with Gasteiger partial charge in [0.2, 0.25) is 15.9 Å². The highest BCUT2D eigenvalue weighted by molar-refractivity contribution is 7.89. The number of nitrogens with zero attached hydrogens (tertiary/aromatic N) is 3. The quantitative estimate of drug-likeness (QED) is 0.671. The minimum absolute atomic E-state index is 0.157. The number of hydrogen-bond donors (Lipinski definition) is 2. The van der Waals surface area contributed by atoms with Crippen molar-refractivity contribution in [1.82, 2.24) is 24.7 Å². The van der Waals surface area contributed by atoms with Gasteiger partial charge in [-0.2, -0.15) is 9.40 Å². The zero-order valence-electron chi connectivity index (χ0n) is 16.2. The normalized spacial score (nSPS) is 15.5. The van der Waals surface area contributed by atoms with Crippen LogP contribution in [-0.2, 0) is 21.4 Å². The smallest absolute Gasteiger partial charge is 0.321 e. The van der Waals surface area contributed by atoms with E-state index in [2.05, 4.69) is 15.7 Å². The second-order valence-electron chi connectivity index (χ2n) is 6.78. The maximum absolute atomic E-state index is 13.0. The summed E-state index contributed by atoms with van der Waals surface area (Å²) in [6.07, 6.45) is 4.50. The fourth-order valence-corrected chi connectivity index (χ4v) is 5.06. The summed E-state index contributed by atoms with van der Waals surface area (Å²) in [5.74, 6) is -0.545. The van der Waals surface area contributed by atoms with Crippen LogP contribution in [0.1, 0.15) is 50.4 Å². The van der Waals surface area contributed by atoms with Crippen LogP contribution in [0.15, 0.2) is 4.90 Å². The lowest BCUT2D eigenvalue weighted by atomic mass is 10.2. The standard InChI is InChI=1S/C17H29N5O4S/c1-4-5-9-18-17(24)19-15(23)12-22-14(3)16(13(2)20-22)27(25,26)21-10-7-6-8-11-21/h4-12H2,1-3H3,(H2,18,19,23,24). The molecular formula is C17H29N5O4S. The van der Waals surface area contributed by atoms with Crippen molar-refractivity contribution >= 4 is 22.0 Å². The van der Waals surface area contributed by atoms with E-state index < -0.39 is 22.0 Å². The maximum atomic E-state index is 13.0. The number of aromatic nitrogens is 2. The third-order valence-electron chi connectivity index (χ3n) is 4.59. The van der Waals surface area contributed by atoms with E-state index in [4.69, 9.17) is 0 Å². The van der Waals surface area contributed by atoms with Crippen LogP contribution < -0.4 is 10.6 Å². The van der Waals surface area contributed by atoms with Crippen LogP contribution in [0.5, 0.6) is 0 Å². The van der Waals surface area contributed by atoms with Crippen LogP contribution in [-0.4, -0.2) is 54.1 Å². The lowest BCUT2D eigenvalue weighted by Crippen LogP contribution is -2.41. The van der Waals surface area contributed by atoms with E-state index in [1.807, 2.05) is 6.92 Å². The molecule has 0 spiro atoms. The molecule has 0 radical (unpaired) electrons. The number of amides is 3. The van der Waals surface area contributed by atoms with Crippen LogP contribution in [0.2, 0.25) is 0 Å². The fraction of sp³-hybridized carbons (Fsp3) is 0.706. The molecule has 2 rings (SSSR count). The minimum atomic E-state index is -3.64. The monoisotopic (exact) mass is 399 g/mol. The second kappa shape index (κ2) is 9.32. The summed E-state index contributed by atoms with van der Waals surface area (Å²) in [5.41, 5.74) is 0.762. The minimum Gasteiger partial charge on any atom is -0.338 e. The zero-order chi connectivity index (χ0) is 20.0. The third-order valence-corrected chi connectivity index (χ3v) is 6.74. The Bertz CT molecular complexity index is 781. The number of rotatable bonds is 7. The average molecular weight is 400 g/mol. The Balaban J connectivity index is 2.08. The van der Waals surface area contributed by atoms with E-state index >= 15 is 0 Å². The summed E-state index contributed by atoms with van der Waals surface area (Å²) in [6.45, 7) is 6.54. The van der Waals surface area contributed by atoms with Crippen molar-refractivity contribution in [3.05, 3.63) is 11.4 Å². The van der Waals surface area contributed by atoms with Crippen molar-refractivity contribution in [2.45, 2.75) is 64.3 Å². The van der Waals surface area contributed by atoms with Gasteiger partial charge in [0.05, 0.1) is 11.4 Å². The number of unbranched alkanes of at least 4 members (excludes halogenated alkanes) is 1. The summed E-state index contributed by atoms with van der Waals surface area (Å²) in [7, 11) is -3.64. The summed E-state index contributed by atoms with van der Waals surface area (Å²) in [4.78, 5) is 23.9. The Morgan fingerprint density at radius 1 is 1.15 bits per heavy atom. The Kier molecular flexibility index (Phi) is 7.37.